The van der Waals surface area contributed by atoms with E-state index in [2.05, 4.69) is 10.3 Å². The zero-order valence-electron chi connectivity index (χ0n) is 14.8. The zero-order valence-corrected chi connectivity index (χ0v) is 14.8. The van der Waals surface area contributed by atoms with E-state index in [4.69, 9.17) is 14.2 Å². The maximum atomic E-state index is 12.1. The highest BCUT2D eigenvalue weighted by Crippen LogP contribution is 2.28. The SMILES string of the molecule is COC=C(C(=O)OC)c1ccccc1C(C)OC(=O)Nc1ccccn1. The van der Waals surface area contributed by atoms with Gasteiger partial charge in [-0.05, 0) is 24.6 Å². The van der Waals surface area contributed by atoms with Crippen LogP contribution in [0, 0.1) is 0 Å². The lowest BCUT2D eigenvalue weighted by Gasteiger charge is -2.18. The van der Waals surface area contributed by atoms with Crippen LogP contribution in [0.25, 0.3) is 5.57 Å². The Hall–Kier alpha value is -3.35. The van der Waals surface area contributed by atoms with Gasteiger partial charge in [-0.25, -0.2) is 14.6 Å². The molecular formula is C19H20N2O5. The molecule has 2 rings (SSSR count). The van der Waals surface area contributed by atoms with Gasteiger partial charge >= 0.3 is 12.1 Å². The number of hydrogen-bond donors (Lipinski definition) is 1. The molecular weight excluding hydrogens is 336 g/mol. The molecule has 1 unspecified atom stereocenters. The van der Waals surface area contributed by atoms with E-state index in [1.54, 1.807) is 55.6 Å². The number of carbonyl (C=O) groups excluding carboxylic acids is 2. The second kappa shape index (κ2) is 9.22. The van der Waals surface area contributed by atoms with E-state index < -0.39 is 18.2 Å². The summed E-state index contributed by atoms with van der Waals surface area (Å²) < 4.78 is 15.2. The number of rotatable bonds is 6. The van der Waals surface area contributed by atoms with Crippen molar-refractivity contribution >= 4 is 23.5 Å². The molecule has 0 radical (unpaired) electrons. The molecule has 0 aliphatic heterocycles. The van der Waals surface area contributed by atoms with E-state index in [0.717, 1.165) is 0 Å². The number of nitrogens with one attached hydrogen (secondary N) is 1. The van der Waals surface area contributed by atoms with Gasteiger partial charge in [0, 0.05) is 11.8 Å². The lowest BCUT2D eigenvalue weighted by molar-refractivity contribution is -0.133. The predicted molar refractivity (Wildman–Crippen MR) is 96.2 cm³/mol. The van der Waals surface area contributed by atoms with Gasteiger partial charge in [-0.3, -0.25) is 5.32 Å². The molecule has 1 heterocycles. The third-order valence-corrected chi connectivity index (χ3v) is 3.51. The van der Waals surface area contributed by atoms with E-state index >= 15 is 0 Å². The van der Waals surface area contributed by atoms with Crippen LogP contribution in [-0.4, -0.2) is 31.3 Å². The van der Waals surface area contributed by atoms with Crippen LogP contribution in [0.1, 0.15) is 24.2 Å². The molecule has 0 aliphatic rings. The first-order chi connectivity index (χ1) is 12.6. The highest BCUT2D eigenvalue weighted by atomic mass is 16.6. The summed E-state index contributed by atoms with van der Waals surface area (Å²) in [7, 11) is 2.72. The van der Waals surface area contributed by atoms with Crippen LogP contribution in [0.5, 0.6) is 0 Å². The minimum atomic E-state index is -0.652. The van der Waals surface area contributed by atoms with Crippen LogP contribution in [0.3, 0.4) is 0 Å². The number of amides is 1. The predicted octanol–water partition coefficient (Wildman–Crippen LogP) is 3.55. The summed E-state index contributed by atoms with van der Waals surface area (Å²) in [6.07, 6.45) is 1.58. The largest absolute Gasteiger partial charge is 0.503 e. The van der Waals surface area contributed by atoms with Gasteiger partial charge in [0.15, 0.2) is 0 Å². The number of benzene rings is 1. The van der Waals surface area contributed by atoms with Gasteiger partial charge in [0.05, 0.1) is 20.5 Å². The summed E-state index contributed by atoms with van der Waals surface area (Å²) in [5.41, 5.74) is 1.42. The van der Waals surface area contributed by atoms with E-state index in [-0.39, 0.29) is 5.57 Å². The first-order valence-electron chi connectivity index (χ1n) is 7.86. The van der Waals surface area contributed by atoms with Gasteiger partial charge in [0.25, 0.3) is 0 Å². The third-order valence-electron chi connectivity index (χ3n) is 3.51. The molecule has 1 N–H and O–H groups in total. The van der Waals surface area contributed by atoms with Crippen molar-refractivity contribution in [3.05, 3.63) is 66.1 Å². The number of pyridine rings is 1. The normalized spacial score (nSPS) is 12.0. The average Bonchev–Trinajstić information content (AvgIpc) is 2.66. The molecule has 0 aliphatic carbocycles. The monoisotopic (exact) mass is 356 g/mol. The average molecular weight is 356 g/mol. The van der Waals surface area contributed by atoms with Crippen LogP contribution in [0.15, 0.2) is 54.9 Å². The molecule has 0 bridgehead atoms. The maximum Gasteiger partial charge on any atom is 0.413 e. The van der Waals surface area contributed by atoms with Crippen molar-refractivity contribution in [3.8, 4) is 0 Å². The van der Waals surface area contributed by atoms with Gasteiger partial charge in [-0.15, -0.1) is 0 Å². The second-order valence-corrected chi connectivity index (χ2v) is 5.23. The van der Waals surface area contributed by atoms with Crippen LogP contribution >= 0.6 is 0 Å². The Morgan fingerprint density at radius 3 is 2.50 bits per heavy atom. The smallest absolute Gasteiger partial charge is 0.413 e. The number of aromatic nitrogens is 1. The van der Waals surface area contributed by atoms with Crippen molar-refractivity contribution in [1.29, 1.82) is 0 Å². The number of methoxy groups -OCH3 is 2. The minimum Gasteiger partial charge on any atom is -0.503 e. The molecule has 1 atom stereocenters. The van der Waals surface area contributed by atoms with E-state index in [9.17, 15) is 9.59 Å². The van der Waals surface area contributed by atoms with Crippen molar-refractivity contribution < 1.29 is 23.8 Å². The Bertz CT molecular complexity index is 790. The second-order valence-electron chi connectivity index (χ2n) is 5.23. The zero-order chi connectivity index (χ0) is 18.9. The summed E-state index contributed by atoms with van der Waals surface area (Å²) in [4.78, 5) is 28.1. The highest BCUT2D eigenvalue weighted by molar-refractivity contribution is 6.16. The third kappa shape index (κ3) is 4.83. The van der Waals surface area contributed by atoms with Crippen LogP contribution < -0.4 is 5.32 Å². The number of ether oxygens (including phenoxy) is 3. The topological polar surface area (TPSA) is 86.8 Å². The Morgan fingerprint density at radius 2 is 1.85 bits per heavy atom. The van der Waals surface area contributed by atoms with Crippen LogP contribution in [-0.2, 0) is 19.0 Å². The van der Waals surface area contributed by atoms with Gasteiger partial charge in [-0.2, -0.15) is 0 Å². The molecule has 7 nitrogen and oxygen atoms in total. The Kier molecular flexibility index (Phi) is 6.73. The summed E-state index contributed by atoms with van der Waals surface area (Å²) >= 11 is 0. The van der Waals surface area contributed by atoms with Gasteiger partial charge < -0.3 is 14.2 Å². The quantitative estimate of drug-likeness (QED) is 0.484. The molecule has 0 fully saturated rings. The van der Waals surface area contributed by atoms with Crippen molar-refractivity contribution in [3.63, 3.8) is 0 Å². The summed E-state index contributed by atoms with van der Waals surface area (Å²) in [5.74, 6) is -0.169. The lowest BCUT2D eigenvalue weighted by atomic mass is 9.97. The molecule has 136 valence electrons. The number of nitrogens with zero attached hydrogens (tertiary/aromatic N) is 1. The Labute approximate surface area is 151 Å². The van der Waals surface area contributed by atoms with Gasteiger partial charge in [-0.1, -0.05) is 30.3 Å². The van der Waals surface area contributed by atoms with Crippen LogP contribution in [0.2, 0.25) is 0 Å². The van der Waals surface area contributed by atoms with Gasteiger partial charge in [0.1, 0.15) is 17.5 Å². The fraction of sp³-hybridized carbons (Fsp3) is 0.211. The van der Waals surface area contributed by atoms with Crippen molar-refractivity contribution in [1.82, 2.24) is 4.98 Å². The van der Waals surface area contributed by atoms with Gasteiger partial charge in [0.2, 0.25) is 0 Å². The molecule has 0 spiro atoms. The van der Waals surface area contributed by atoms with Crippen molar-refractivity contribution in [2.45, 2.75) is 13.0 Å². The number of carbonyl (C=O) groups is 2. The Morgan fingerprint density at radius 1 is 1.12 bits per heavy atom. The summed E-state index contributed by atoms with van der Waals surface area (Å²) in [5, 5.41) is 2.55. The number of anilines is 1. The number of esters is 1. The van der Waals surface area contributed by atoms with E-state index in [1.165, 1.54) is 20.5 Å². The first-order valence-corrected chi connectivity index (χ1v) is 7.86. The molecule has 1 aromatic carbocycles. The molecule has 0 saturated carbocycles. The summed E-state index contributed by atoms with van der Waals surface area (Å²) in [6.45, 7) is 1.71. The first kappa shape index (κ1) is 19.0. The standard InChI is InChI=1S/C19H20N2O5/c1-13(26-19(23)21-17-10-6-7-11-20-17)14-8-4-5-9-15(14)16(12-24-2)18(22)25-3/h4-13H,1-3H3,(H,20,21,23). The lowest BCUT2D eigenvalue weighted by Crippen LogP contribution is -2.18. The van der Waals surface area contributed by atoms with Crippen molar-refractivity contribution in [2.75, 3.05) is 19.5 Å². The van der Waals surface area contributed by atoms with E-state index in [1.807, 2.05) is 0 Å². The van der Waals surface area contributed by atoms with E-state index in [0.29, 0.717) is 16.9 Å². The minimum absolute atomic E-state index is 0.228. The van der Waals surface area contributed by atoms with Crippen LogP contribution in [0.4, 0.5) is 10.6 Å². The molecule has 1 aromatic heterocycles. The molecule has 2 aromatic rings. The highest BCUT2D eigenvalue weighted by Gasteiger charge is 2.21. The fourth-order valence-electron chi connectivity index (χ4n) is 2.34. The fourth-order valence-corrected chi connectivity index (χ4v) is 2.34. The Balaban J connectivity index is 2.21. The maximum absolute atomic E-state index is 12.1. The molecule has 0 saturated heterocycles. The molecule has 1 amide bonds. The van der Waals surface area contributed by atoms with Crippen molar-refractivity contribution in [2.24, 2.45) is 0 Å². The summed E-state index contributed by atoms with van der Waals surface area (Å²) in [6, 6.07) is 12.2. The molecule has 7 heteroatoms. The molecule has 26 heavy (non-hydrogen) atoms. The number of hydrogen-bond acceptors (Lipinski definition) is 6.